The number of hydrogen-bond acceptors (Lipinski definition) is 0. The van der Waals surface area contributed by atoms with Gasteiger partial charge in [-0.1, -0.05) is 130 Å². The molecule has 0 saturated heterocycles. The van der Waals surface area contributed by atoms with E-state index in [1.165, 1.54) is 141 Å². The van der Waals surface area contributed by atoms with Crippen LogP contribution in [0.3, 0.4) is 0 Å². The largest absolute Gasteiger partial charge is 0.254 e. The molecule has 0 radical (unpaired) electrons. The van der Waals surface area contributed by atoms with Gasteiger partial charge < -0.3 is 0 Å². The summed E-state index contributed by atoms with van der Waals surface area (Å²) in [6, 6.07) is 0.635. The predicted molar refractivity (Wildman–Crippen MR) is 142 cm³/mol. The van der Waals surface area contributed by atoms with Gasteiger partial charge in [0.05, 0.1) is 6.04 Å². The van der Waals surface area contributed by atoms with Crippen LogP contribution in [0.5, 0.6) is 0 Å². The van der Waals surface area contributed by atoms with Crippen molar-refractivity contribution >= 4 is 0 Å². The first kappa shape index (κ1) is 29.2. The molecule has 0 amide bonds. The number of nitrogens with one attached hydrogen (secondary N) is 1. The molecule has 2 heteroatoms. The average molecular weight is 448 g/mol. The second-order valence-corrected chi connectivity index (χ2v) is 10.9. The maximum Gasteiger partial charge on any atom is 0.254 e. The topological polar surface area (TPSA) is 19.7 Å². The summed E-state index contributed by atoms with van der Waals surface area (Å²) < 4.78 is 2.52. The lowest BCUT2D eigenvalue weighted by Gasteiger charge is -2.10. The van der Waals surface area contributed by atoms with Crippen molar-refractivity contribution in [1.29, 1.82) is 0 Å². The zero-order valence-electron chi connectivity index (χ0n) is 22.6. The molecule has 2 nitrogen and oxygen atoms in total. The quantitative estimate of drug-likeness (QED) is 0.127. The van der Waals surface area contributed by atoms with E-state index in [9.17, 15) is 0 Å². The van der Waals surface area contributed by atoms with Gasteiger partial charge in [0.2, 0.25) is 0 Å². The molecule has 32 heavy (non-hydrogen) atoms. The Morgan fingerprint density at radius 1 is 0.625 bits per heavy atom. The van der Waals surface area contributed by atoms with Crippen molar-refractivity contribution in [2.45, 2.75) is 169 Å². The number of aromatic nitrogens is 2. The third-order valence-corrected chi connectivity index (χ3v) is 7.19. The molecular weight excluding hydrogens is 388 g/mol. The van der Waals surface area contributed by atoms with Crippen LogP contribution in [0, 0.1) is 5.92 Å². The number of nitrogens with zero attached hydrogens (tertiary/aromatic N) is 1. The maximum atomic E-state index is 3.52. The third-order valence-electron chi connectivity index (χ3n) is 7.19. The highest BCUT2D eigenvalue weighted by Gasteiger charge is 2.16. The molecule has 0 aliphatic heterocycles. The lowest BCUT2D eigenvalue weighted by molar-refractivity contribution is -0.726. The molecule has 1 unspecified atom stereocenters. The minimum atomic E-state index is 0.635. The lowest BCUT2D eigenvalue weighted by atomic mass is 10.0. The van der Waals surface area contributed by atoms with Gasteiger partial charge in [0.15, 0.2) is 0 Å². The SMILES string of the molecule is CCCCCCCCCCCCCCC(C)[n+]1cc[nH]c1CCCCCCCCC(C)C. The normalized spacial score (nSPS) is 12.7. The van der Waals surface area contributed by atoms with Gasteiger partial charge in [-0.25, -0.2) is 9.55 Å². The Bertz CT molecular complexity index is 505. The van der Waals surface area contributed by atoms with Crippen LogP contribution in [-0.2, 0) is 6.42 Å². The molecule has 0 saturated carbocycles. The summed E-state index contributed by atoms with van der Waals surface area (Å²) in [6.07, 6.45) is 34.0. The number of hydrogen-bond donors (Lipinski definition) is 1. The van der Waals surface area contributed by atoms with Crippen LogP contribution in [0.25, 0.3) is 0 Å². The molecule has 0 bridgehead atoms. The summed E-state index contributed by atoms with van der Waals surface area (Å²) in [5.41, 5.74) is 0. The average Bonchev–Trinajstić information content (AvgIpc) is 3.24. The fourth-order valence-electron chi connectivity index (χ4n) is 4.96. The van der Waals surface area contributed by atoms with E-state index >= 15 is 0 Å². The highest BCUT2D eigenvalue weighted by atomic mass is 15.1. The predicted octanol–water partition coefficient (Wildman–Crippen LogP) is 9.88. The van der Waals surface area contributed by atoms with E-state index in [1.54, 1.807) is 0 Å². The van der Waals surface area contributed by atoms with Crippen LogP contribution in [0.15, 0.2) is 12.4 Å². The minimum Gasteiger partial charge on any atom is -0.248 e. The molecule has 188 valence electrons. The molecule has 1 rings (SSSR count). The smallest absolute Gasteiger partial charge is 0.248 e. The first-order valence-electron chi connectivity index (χ1n) is 14.7. The van der Waals surface area contributed by atoms with E-state index in [0.29, 0.717) is 6.04 Å². The van der Waals surface area contributed by atoms with E-state index in [4.69, 9.17) is 0 Å². The van der Waals surface area contributed by atoms with Gasteiger partial charge in [0, 0.05) is 6.42 Å². The van der Waals surface area contributed by atoms with Crippen molar-refractivity contribution in [2.24, 2.45) is 5.92 Å². The van der Waals surface area contributed by atoms with Crippen LogP contribution < -0.4 is 4.57 Å². The molecule has 1 N–H and O–H groups in total. The number of aryl methyl sites for hydroxylation is 1. The van der Waals surface area contributed by atoms with Gasteiger partial charge in [-0.2, -0.15) is 0 Å². The van der Waals surface area contributed by atoms with Crippen LogP contribution in [0.2, 0.25) is 0 Å². The highest BCUT2D eigenvalue weighted by Crippen LogP contribution is 2.16. The van der Waals surface area contributed by atoms with Crippen LogP contribution >= 0.6 is 0 Å². The molecular formula is C30H59N2+. The minimum absolute atomic E-state index is 0.635. The van der Waals surface area contributed by atoms with Crippen LogP contribution in [0.4, 0.5) is 0 Å². The van der Waals surface area contributed by atoms with Gasteiger partial charge in [-0.05, 0) is 32.1 Å². The summed E-state index contributed by atoms with van der Waals surface area (Å²) in [5.74, 6) is 2.31. The standard InChI is InChI=1S/C30H58N2/c1-5-6-7-8-9-10-11-12-13-14-18-21-24-29(4)32-27-26-31-30(32)25-22-19-16-15-17-20-23-28(2)3/h26-29H,5-25H2,1-4H3/p+1. The van der Waals surface area contributed by atoms with Gasteiger partial charge in [-0.3, -0.25) is 0 Å². The number of H-pyrrole nitrogens is 1. The Morgan fingerprint density at radius 3 is 1.62 bits per heavy atom. The molecule has 1 atom stereocenters. The summed E-state index contributed by atoms with van der Waals surface area (Å²) in [7, 11) is 0. The first-order chi connectivity index (χ1) is 15.6. The molecule has 1 aromatic heterocycles. The van der Waals surface area contributed by atoms with Gasteiger partial charge in [0.1, 0.15) is 12.4 Å². The van der Waals surface area contributed by atoms with Crippen molar-refractivity contribution in [3.8, 4) is 0 Å². The summed E-state index contributed by atoms with van der Waals surface area (Å²) in [6.45, 7) is 9.38. The van der Waals surface area contributed by atoms with Crippen molar-refractivity contribution in [3.63, 3.8) is 0 Å². The molecule has 0 aliphatic rings. The van der Waals surface area contributed by atoms with E-state index in [2.05, 4.69) is 49.6 Å². The monoisotopic (exact) mass is 447 g/mol. The molecule has 0 aliphatic carbocycles. The Balaban J connectivity index is 2.00. The summed E-state index contributed by atoms with van der Waals surface area (Å²) in [5, 5.41) is 0. The van der Waals surface area contributed by atoms with Crippen molar-refractivity contribution < 1.29 is 4.57 Å². The Morgan fingerprint density at radius 2 is 1.09 bits per heavy atom. The van der Waals surface area contributed by atoms with Crippen molar-refractivity contribution in [2.75, 3.05) is 0 Å². The van der Waals surface area contributed by atoms with Gasteiger partial charge in [-0.15, -0.1) is 0 Å². The second-order valence-electron chi connectivity index (χ2n) is 10.9. The van der Waals surface area contributed by atoms with Crippen molar-refractivity contribution in [3.05, 3.63) is 18.2 Å². The number of aromatic amines is 1. The highest BCUT2D eigenvalue weighted by molar-refractivity contribution is 4.78. The van der Waals surface area contributed by atoms with Gasteiger partial charge in [0.25, 0.3) is 5.82 Å². The number of imidazole rings is 1. The second kappa shape index (κ2) is 20.8. The Hall–Kier alpha value is -0.790. The van der Waals surface area contributed by atoms with E-state index in [1.807, 2.05) is 0 Å². The summed E-state index contributed by atoms with van der Waals surface area (Å²) in [4.78, 5) is 3.52. The zero-order valence-corrected chi connectivity index (χ0v) is 22.6. The van der Waals surface area contributed by atoms with E-state index < -0.39 is 0 Å². The maximum absolute atomic E-state index is 3.52. The first-order valence-corrected chi connectivity index (χ1v) is 14.7. The lowest BCUT2D eigenvalue weighted by Crippen LogP contribution is -2.39. The number of rotatable bonds is 23. The molecule has 0 fully saturated rings. The molecule has 1 heterocycles. The molecule has 0 aromatic carbocycles. The molecule has 0 spiro atoms. The van der Waals surface area contributed by atoms with E-state index in [0.717, 1.165) is 5.92 Å². The fourth-order valence-corrected chi connectivity index (χ4v) is 4.96. The zero-order chi connectivity index (χ0) is 23.3. The Kier molecular flexibility index (Phi) is 19.0. The molecule has 1 aromatic rings. The van der Waals surface area contributed by atoms with Crippen molar-refractivity contribution in [1.82, 2.24) is 4.98 Å². The third kappa shape index (κ3) is 15.9. The van der Waals surface area contributed by atoms with Crippen LogP contribution in [0.1, 0.15) is 168 Å². The van der Waals surface area contributed by atoms with Crippen LogP contribution in [-0.4, -0.2) is 4.98 Å². The Labute approximate surface area is 202 Å². The van der Waals surface area contributed by atoms with Gasteiger partial charge >= 0.3 is 0 Å². The summed E-state index contributed by atoms with van der Waals surface area (Å²) >= 11 is 0. The fraction of sp³-hybridized carbons (Fsp3) is 0.900. The number of unbranched alkanes of at least 4 members (excludes halogenated alkanes) is 16. The van der Waals surface area contributed by atoms with E-state index in [-0.39, 0.29) is 0 Å².